The van der Waals surface area contributed by atoms with Gasteiger partial charge in [0, 0.05) is 38.3 Å². The van der Waals surface area contributed by atoms with E-state index in [2.05, 4.69) is 24.1 Å². The van der Waals surface area contributed by atoms with E-state index in [0.29, 0.717) is 24.5 Å². The first kappa shape index (κ1) is 11.9. The van der Waals surface area contributed by atoms with E-state index in [-0.39, 0.29) is 0 Å². The highest BCUT2D eigenvalue weighted by molar-refractivity contribution is 5.78. The zero-order chi connectivity index (χ0) is 11.5. The van der Waals surface area contributed by atoms with E-state index in [1.807, 2.05) is 4.90 Å². The minimum atomic E-state index is 0.318. The van der Waals surface area contributed by atoms with Gasteiger partial charge < -0.3 is 10.2 Å². The Morgan fingerprint density at radius 2 is 1.75 bits per heavy atom. The van der Waals surface area contributed by atoms with Gasteiger partial charge in [0.25, 0.3) is 0 Å². The zero-order valence-electron chi connectivity index (χ0n) is 10.4. The molecule has 2 rings (SSSR count). The van der Waals surface area contributed by atoms with Crippen LogP contribution in [0.25, 0.3) is 0 Å². The summed E-state index contributed by atoms with van der Waals surface area (Å²) in [6, 6.07) is 0.991. The molecule has 0 saturated carbocycles. The average molecular weight is 225 g/mol. The predicted octanol–water partition coefficient (Wildman–Crippen LogP) is 0.291. The highest BCUT2D eigenvalue weighted by atomic mass is 16.2. The largest absolute Gasteiger partial charge is 0.342 e. The van der Waals surface area contributed by atoms with Gasteiger partial charge in [-0.2, -0.15) is 0 Å². The van der Waals surface area contributed by atoms with Crippen molar-refractivity contribution >= 4 is 5.91 Å². The minimum Gasteiger partial charge on any atom is -0.342 e. The lowest BCUT2D eigenvalue weighted by atomic mass is 10.1. The molecule has 1 N–H and O–H groups in total. The molecule has 4 heteroatoms. The molecule has 0 spiro atoms. The van der Waals surface area contributed by atoms with Gasteiger partial charge in [0.1, 0.15) is 0 Å². The van der Waals surface area contributed by atoms with Crippen molar-refractivity contribution in [2.24, 2.45) is 0 Å². The number of carbonyl (C=O) groups excluding carboxylic acids is 1. The van der Waals surface area contributed by atoms with Crippen LogP contribution < -0.4 is 5.32 Å². The molecule has 2 atom stereocenters. The smallest absolute Gasteiger partial charge is 0.236 e. The number of amides is 1. The average Bonchev–Trinajstić information content (AvgIpc) is 2.68. The molecule has 0 radical (unpaired) electrons. The topological polar surface area (TPSA) is 35.6 Å². The molecular weight excluding hydrogens is 202 g/mol. The number of rotatable bonds is 2. The lowest BCUT2D eigenvalue weighted by molar-refractivity contribution is -0.131. The van der Waals surface area contributed by atoms with Crippen LogP contribution in [0.2, 0.25) is 0 Å². The van der Waals surface area contributed by atoms with E-state index >= 15 is 0 Å². The number of hydrogen-bond donors (Lipinski definition) is 1. The molecule has 0 aromatic carbocycles. The van der Waals surface area contributed by atoms with Crippen LogP contribution in [0.4, 0.5) is 0 Å². The fraction of sp³-hybridized carbons (Fsp3) is 0.917. The third kappa shape index (κ3) is 2.95. The van der Waals surface area contributed by atoms with E-state index in [1.54, 1.807) is 0 Å². The summed E-state index contributed by atoms with van der Waals surface area (Å²) in [5, 5.41) is 3.49. The number of carbonyl (C=O) groups is 1. The highest BCUT2D eigenvalue weighted by Crippen LogP contribution is 2.09. The van der Waals surface area contributed by atoms with Gasteiger partial charge in [0.2, 0.25) is 5.91 Å². The van der Waals surface area contributed by atoms with Crippen molar-refractivity contribution in [1.82, 2.24) is 15.1 Å². The number of likely N-dealkylation sites (tertiary alicyclic amines) is 1. The van der Waals surface area contributed by atoms with Crippen LogP contribution in [0, 0.1) is 0 Å². The first-order valence-electron chi connectivity index (χ1n) is 6.41. The van der Waals surface area contributed by atoms with E-state index in [0.717, 1.165) is 26.2 Å². The number of nitrogens with one attached hydrogen (secondary N) is 1. The molecule has 2 aliphatic rings. The van der Waals surface area contributed by atoms with Crippen LogP contribution in [0.3, 0.4) is 0 Å². The Balaban J connectivity index is 1.81. The third-order valence-corrected chi connectivity index (χ3v) is 3.45. The van der Waals surface area contributed by atoms with Crippen molar-refractivity contribution in [2.45, 2.75) is 38.8 Å². The molecule has 0 bridgehead atoms. The van der Waals surface area contributed by atoms with Crippen LogP contribution in [0.1, 0.15) is 26.7 Å². The molecule has 2 saturated heterocycles. The summed E-state index contributed by atoms with van der Waals surface area (Å²) in [5.41, 5.74) is 0. The van der Waals surface area contributed by atoms with Gasteiger partial charge in [-0.05, 0) is 26.7 Å². The quantitative estimate of drug-likeness (QED) is 0.734. The van der Waals surface area contributed by atoms with E-state index in [1.165, 1.54) is 12.8 Å². The third-order valence-electron chi connectivity index (χ3n) is 3.45. The summed E-state index contributed by atoms with van der Waals surface area (Å²) in [6.07, 6.45) is 2.36. The lowest BCUT2D eigenvalue weighted by Gasteiger charge is -2.36. The second-order valence-corrected chi connectivity index (χ2v) is 5.25. The van der Waals surface area contributed by atoms with Crippen molar-refractivity contribution in [3.05, 3.63) is 0 Å². The maximum atomic E-state index is 12.0. The molecule has 2 fully saturated rings. The van der Waals surface area contributed by atoms with Gasteiger partial charge in [-0.3, -0.25) is 9.69 Å². The Hall–Kier alpha value is -0.610. The molecular formula is C12H23N3O. The van der Waals surface area contributed by atoms with Crippen LogP contribution in [-0.4, -0.2) is 60.5 Å². The lowest BCUT2D eigenvalue weighted by Crippen LogP contribution is -2.56. The van der Waals surface area contributed by atoms with Gasteiger partial charge in [-0.1, -0.05) is 0 Å². The summed E-state index contributed by atoms with van der Waals surface area (Å²) in [4.78, 5) is 16.3. The van der Waals surface area contributed by atoms with Crippen molar-refractivity contribution in [3.63, 3.8) is 0 Å². The summed E-state index contributed by atoms with van der Waals surface area (Å²) in [7, 11) is 0. The maximum Gasteiger partial charge on any atom is 0.236 e. The van der Waals surface area contributed by atoms with Gasteiger partial charge in [-0.15, -0.1) is 0 Å². The molecule has 2 aliphatic heterocycles. The molecule has 0 aromatic heterocycles. The Kier molecular flexibility index (Phi) is 3.82. The van der Waals surface area contributed by atoms with Crippen LogP contribution in [0.15, 0.2) is 0 Å². The maximum absolute atomic E-state index is 12.0. The molecule has 2 heterocycles. The van der Waals surface area contributed by atoms with Crippen LogP contribution in [-0.2, 0) is 4.79 Å². The molecule has 16 heavy (non-hydrogen) atoms. The van der Waals surface area contributed by atoms with Gasteiger partial charge in [0.05, 0.1) is 6.54 Å². The Morgan fingerprint density at radius 1 is 1.19 bits per heavy atom. The first-order valence-corrected chi connectivity index (χ1v) is 6.41. The fourth-order valence-electron chi connectivity index (χ4n) is 2.83. The fourth-order valence-corrected chi connectivity index (χ4v) is 2.83. The van der Waals surface area contributed by atoms with Crippen molar-refractivity contribution < 1.29 is 4.79 Å². The second kappa shape index (κ2) is 5.15. The Morgan fingerprint density at radius 3 is 2.31 bits per heavy atom. The summed E-state index contributed by atoms with van der Waals surface area (Å²) in [5.74, 6) is 0.318. The van der Waals surface area contributed by atoms with Crippen molar-refractivity contribution in [3.8, 4) is 0 Å². The minimum absolute atomic E-state index is 0.318. The highest BCUT2D eigenvalue weighted by Gasteiger charge is 2.25. The molecule has 1 amide bonds. The number of nitrogens with zero attached hydrogens (tertiary/aromatic N) is 2. The first-order chi connectivity index (χ1) is 7.65. The molecule has 4 nitrogen and oxygen atoms in total. The molecule has 0 aromatic rings. The van der Waals surface area contributed by atoms with Crippen molar-refractivity contribution in [1.29, 1.82) is 0 Å². The van der Waals surface area contributed by atoms with E-state index < -0.39 is 0 Å². The standard InChI is InChI=1S/C12H23N3O/c1-10-7-14(8-11(2)13-10)9-12(16)15-5-3-4-6-15/h10-11,13H,3-9H2,1-2H3. The number of piperazine rings is 1. The Bertz CT molecular complexity index is 241. The summed E-state index contributed by atoms with van der Waals surface area (Å²) < 4.78 is 0. The van der Waals surface area contributed by atoms with Crippen LogP contribution >= 0.6 is 0 Å². The second-order valence-electron chi connectivity index (χ2n) is 5.25. The summed E-state index contributed by atoms with van der Waals surface area (Å²) in [6.45, 7) is 8.89. The molecule has 2 unspecified atom stereocenters. The monoisotopic (exact) mass is 225 g/mol. The van der Waals surface area contributed by atoms with Gasteiger partial charge >= 0.3 is 0 Å². The zero-order valence-corrected chi connectivity index (χ0v) is 10.4. The van der Waals surface area contributed by atoms with Gasteiger partial charge in [-0.25, -0.2) is 0 Å². The van der Waals surface area contributed by atoms with E-state index in [9.17, 15) is 4.79 Å². The number of hydrogen-bond acceptors (Lipinski definition) is 3. The Labute approximate surface area is 98.0 Å². The molecule has 92 valence electrons. The predicted molar refractivity (Wildman–Crippen MR) is 64.3 cm³/mol. The van der Waals surface area contributed by atoms with Gasteiger partial charge in [0.15, 0.2) is 0 Å². The van der Waals surface area contributed by atoms with E-state index in [4.69, 9.17) is 0 Å². The SMILES string of the molecule is CC1CN(CC(=O)N2CCCC2)CC(C)N1. The normalized spacial score (nSPS) is 32.0. The summed E-state index contributed by atoms with van der Waals surface area (Å²) >= 11 is 0. The van der Waals surface area contributed by atoms with Crippen molar-refractivity contribution in [2.75, 3.05) is 32.7 Å². The molecule has 0 aliphatic carbocycles. The van der Waals surface area contributed by atoms with Crippen LogP contribution in [0.5, 0.6) is 0 Å².